The van der Waals surface area contributed by atoms with Crippen molar-refractivity contribution < 1.29 is 28.7 Å². The maximum absolute atomic E-state index is 12.7. The zero-order valence-electron chi connectivity index (χ0n) is 21.8. The van der Waals surface area contributed by atoms with Crippen LogP contribution in [0.15, 0.2) is 22.0 Å². The molecule has 0 aromatic rings. The molecule has 8 atom stereocenters. The monoisotopic (exact) mass is 486 g/mol. The quantitative estimate of drug-likeness (QED) is 0.253. The number of hydrogen-bond donors (Lipinski definition) is 0. The van der Waals surface area contributed by atoms with E-state index in [4.69, 9.17) is 19.1 Å². The highest BCUT2D eigenvalue weighted by atomic mass is 16.7. The molecular formula is C27H38N2O6. The van der Waals surface area contributed by atoms with E-state index in [0.29, 0.717) is 23.5 Å². The van der Waals surface area contributed by atoms with Crippen molar-refractivity contribution >= 4 is 23.4 Å². The molecule has 192 valence electrons. The van der Waals surface area contributed by atoms with Crippen LogP contribution in [0.1, 0.15) is 72.6 Å². The first-order valence-corrected chi connectivity index (χ1v) is 12.9. The van der Waals surface area contributed by atoms with Crippen LogP contribution >= 0.6 is 0 Å². The molecule has 4 aliphatic carbocycles. The van der Waals surface area contributed by atoms with Gasteiger partial charge in [-0.05, 0) is 68.6 Å². The third-order valence-electron chi connectivity index (χ3n) is 10.4. The minimum Gasteiger partial charge on any atom is -0.464 e. The van der Waals surface area contributed by atoms with Gasteiger partial charge in [0, 0.05) is 18.8 Å². The summed E-state index contributed by atoms with van der Waals surface area (Å²) in [7, 11) is 2.93. The molecule has 0 spiro atoms. The van der Waals surface area contributed by atoms with Gasteiger partial charge in [0.15, 0.2) is 11.3 Å². The van der Waals surface area contributed by atoms with Crippen molar-refractivity contribution in [3.05, 3.63) is 11.6 Å². The van der Waals surface area contributed by atoms with Gasteiger partial charge in [0.05, 0.1) is 13.0 Å². The predicted octanol–water partition coefficient (Wildman–Crippen LogP) is 4.43. The van der Waals surface area contributed by atoms with E-state index < -0.39 is 11.6 Å². The summed E-state index contributed by atoms with van der Waals surface area (Å²) in [4.78, 5) is 35.7. The Labute approximate surface area is 207 Å². The number of carbonyl (C=O) groups is 2. The molecule has 1 heterocycles. The topological polar surface area (TPSA) is 95.8 Å². The minimum absolute atomic E-state index is 0.00790. The molecule has 0 N–H and O–H groups in total. The summed E-state index contributed by atoms with van der Waals surface area (Å²) in [6, 6.07) is 0. The number of ether oxygens (including phenoxy) is 2. The number of hydrogen-bond acceptors (Lipinski definition) is 8. The summed E-state index contributed by atoms with van der Waals surface area (Å²) in [6.07, 6.45) is 9.06. The lowest BCUT2D eigenvalue weighted by molar-refractivity contribution is -0.149. The molecule has 0 aromatic heterocycles. The van der Waals surface area contributed by atoms with E-state index in [2.05, 4.69) is 30.2 Å². The molecule has 0 radical (unpaired) electrons. The van der Waals surface area contributed by atoms with Crippen molar-refractivity contribution in [3.63, 3.8) is 0 Å². The van der Waals surface area contributed by atoms with Crippen molar-refractivity contribution in [2.45, 2.75) is 84.3 Å². The second-order valence-electron chi connectivity index (χ2n) is 11.6. The smallest absolute Gasteiger partial charge is 0.356 e. The van der Waals surface area contributed by atoms with E-state index in [9.17, 15) is 9.59 Å². The Bertz CT molecular complexity index is 1020. The normalized spacial score (nSPS) is 43.9. The SMILES string of the molecule is CO/N=C(/C)[C@@]12ON=C(C(=O)OC)[C@@H]1C[C@H]1[C@@H]3CC=C4C[C@@H](OC(C)=O)CC[C@]4(C)[C@H]3CC[C@@]12C. The molecule has 0 bridgehead atoms. The second kappa shape index (κ2) is 8.34. The van der Waals surface area contributed by atoms with Crippen LogP contribution in [-0.4, -0.2) is 49.3 Å². The van der Waals surface area contributed by atoms with Gasteiger partial charge in [-0.25, -0.2) is 4.79 Å². The highest BCUT2D eigenvalue weighted by Gasteiger charge is 2.74. The van der Waals surface area contributed by atoms with Crippen LogP contribution in [-0.2, 0) is 28.7 Å². The van der Waals surface area contributed by atoms with Crippen molar-refractivity contribution in [1.29, 1.82) is 0 Å². The Balaban J connectivity index is 1.51. The van der Waals surface area contributed by atoms with Crippen LogP contribution in [0.25, 0.3) is 0 Å². The highest BCUT2D eigenvalue weighted by molar-refractivity contribution is 6.38. The first-order valence-electron chi connectivity index (χ1n) is 12.9. The number of esters is 2. The van der Waals surface area contributed by atoms with E-state index in [1.807, 2.05) is 6.92 Å². The fourth-order valence-electron chi connectivity index (χ4n) is 8.87. The number of oxime groups is 2. The minimum atomic E-state index is -0.806. The second-order valence-corrected chi connectivity index (χ2v) is 11.6. The molecule has 1 aliphatic heterocycles. The van der Waals surface area contributed by atoms with Gasteiger partial charge in [-0.15, -0.1) is 0 Å². The average Bonchev–Trinajstić information content (AvgIpc) is 3.32. The fraction of sp³-hybridized carbons (Fsp3) is 0.778. The summed E-state index contributed by atoms with van der Waals surface area (Å²) in [6.45, 7) is 8.15. The maximum atomic E-state index is 12.7. The standard InChI is InChI=1S/C27H38N2O6/c1-15(28-33-6)27-22(23(29-35-27)24(31)32-5)14-21-19-8-7-17-13-18(34-16(2)30)9-11-25(17,3)20(19)10-12-26(21,27)4/h7,18-22H,8-14H2,1-6H3/b28-15-/t18-,19+,20-,21-,22-,25-,26-,27+/m0/s1. The van der Waals surface area contributed by atoms with E-state index in [-0.39, 0.29) is 28.8 Å². The molecule has 8 nitrogen and oxygen atoms in total. The lowest BCUT2D eigenvalue weighted by atomic mass is 9.46. The average molecular weight is 487 g/mol. The van der Waals surface area contributed by atoms with Gasteiger partial charge in [-0.1, -0.05) is 35.8 Å². The van der Waals surface area contributed by atoms with Crippen LogP contribution < -0.4 is 0 Å². The van der Waals surface area contributed by atoms with Gasteiger partial charge in [0.1, 0.15) is 18.9 Å². The summed E-state index contributed by atoms with van der Waals surface area (Å²) >= 11 is 0. The van der Waals surface area contributed by atoms with Gasteiger partial charge < -0.3 is 19.1 Å². The zero-order chi connectivity index (χ0) is 25.2. The van der Waals surface area contributed by atoms with Gasteiger partial charge in [-0.3, -0.25) is 4.79 Å². The van der Waals surface area contributed by atoms with Crippen molar-refractivity contribution in [2.75, 3.05) is 14.2 Å². The Hall–Kier alpha value is -2.38. The van der Waals surface area contributed by atoms with Gasteiger partial charge in [-0.2, -0.15) is 0 Å². The Kier molecular flexibility index (Phi) is 5.80. The highest BCUT2D eigenvalue weighted by Crippen LogP contribution is 2.70. The van der Waals surface area contributed by atoms with Crippen LogP contribution in [0.4, 0.5) is 0 Å². The molecular weight excluding hydrogens is 448 g/mol. The predicted molar refractivity (Wildman–Crippen MR) is 130 cm³/mol. The Morgan fingerprint density at radius 3 is 2.60 bits per heavy atom. The van der Waals surface area contributed by atoms with Crippen LogP contribution in [0, 0.1) is 34.5 Å². The maximum Gasteiger partial charge on any atom is 0.356 e. The van der Waals surface area contributed by atoms with Gasteiger partial charge in [0.25, 0.3) is 0 Å². The largest absolute Gasteiger partial charge is 0.464 e. The van der Waals surface area contributed by atoms with Gasteiger partial charge >= 0.3 is 11.9 Å². The van der Waals surface area contributed by atoms with Crippen LogP contribution in [0.2, 0.25) is 0 Å². The first kappa shape index (κ1) is 24.3. The molecule has 5 rings (SSSR count). The lowest BCUT2D eigenvalue weighted by Crippen LogP contribution is -2.59. The molecule has 8 heteroatoms. The molecule has 0 saturated heterocycles. The van der Waals surface area contributed by atoms with Crippen molar-refractivity contribution in [2.24, 2.45) is 44.8 Å². The van der Waals surface area contributed by atoms with Crippen LogP contribution in [0.5, 0.6) is 0 Å². The molecule has 3 fully saturated rings. The molecule has 35 heavy (non-hydrogen) atoms. The number of nitrogens with zero attached hydrogens (tertiary/aromatic N) is 2. The number of methoxy groups -OCH3 is 1. The third kappa shape index (κ3) is 3.23. The third-order valence-corrected chi connectivity index (χ3v) is 10.4. The fourth-order valence-corrected chi connectivity index (χ4v) is 8.87. The molecule has 0 amide bonds. The van der Waals surface area contributed by atoms with E-state index in [0.717, 1.165) is 50.7 Å². The van der Waals surface area contributed by atoms with E-state index >= 15 is 0 Å². The van der Waals surface area contributed by atoms with Crippen molar-refractivity contribution in [1.82, 2.24) is 0 Å². The van der Waals surface area contributed by atoms with E-state index in [1.165, 1.54) is 26.7 Å². The number of rotatable bonds is 4. The van der Waals surface area contributed by atoms with E-state index in [1.54, 1.807) is 0 Å². The zero-order valence-corrected chi connectivity index (χ0v) is 21.8. The van der Waals surface area contributed by atoms with Crippen LogP contribution in [0.3, 0.4) is 0 Å². The van der Waals surface area contributed by atoms with Crippen molar-refractivity contribution in [3.8, 4) is 0 Å². The molecule has 3 saturated carbocycles. The lowest BCUT2D eigenvalue weighted by Gasteiger charge is -2.58. The summed E-state index contributed by atoms with van der Waals surface area (Å²) < 4.78 is 10.7. The first-order chi connectivity index (χ1) is 16.6. The number of allylic oxidation sites excluding steroid dienone is 1. The molecule has 0 aromatic carbocycles. The van der Waals surface area contributed by atoms with Gasteiger partial charge in [0.2, 0.25) is 0 Å². The number of fused-ring (bicyclic) bond motifs is 7. The molecule has 5 aliphatic rings. The number of carbonyl (C=O) groups excluding carboxylic acids is 2. The summed E-state index contributed by atoms with van der Waals surface area (Å²) in [5.74, 6) is 0.550. The molecule has 0 unspecified atom stereocenters. The summed E-state index contributed by atoms with van der Waals surface area (Å²) in [5, 5.41) is 8.59. The summed E-state index contributed by atoms with van der Waals surface area (Å²) in [5.41, 5.74) is 1.63. The Morgan fingerprint density at radius 1 is 1.14 bits per heavy atom. The Morgan fingerprint density at radius 2 is 1.91 bits per heavy atom.